The summed E-state index contributed by atoms with van der Waals surface area (Å²) in [6, 6.07) is 0. The van der Waals surface area contributed by atoms with Crippen molar-refractivity contribution in [3.63, 3.8) is 0 Å². The van der Waals surface area contributed by atoms with Gasteiger partial charge in [0.2, 0.25) is 0 Å². The Hall–Kier alpha value is -1.32. The van der Waals surface area contributed by atoms with Crippen LogP contribution in [-0.2, 0) is 13.1 Å². The molecular weight excluding hydrogens is 152 g/mol. The largest absolute Gasteiger partial charge is 0.382 e. The highest BCUT2D eigenvalue weighted by atomic mass is 15.3. The number of hydrogen-bond donors (Lipinski definition) is 1. The molecule has 0 fully saturated rings. The smallest absolute Gasteiger partial charge is 0.148 e. The van der Waals surface area contributed by atoms with E-state index in [2.05, 4.69) is 10.1 Å². The molecule has 0 spiro atoms. The Morgan fingerprint density at radius 1 is 1.58 bits per heavy atom. The van der Waals surface area contributed by atoms with Crippen LogP contribution in [0.1, 0.15) is 17.7 Å². The molecule has 0 aliphatic carbocycles. The van der Waals surface area contributed by atoms with E-state index in [0.717, 1.165) is 30.8 Å². The molecule has 2 N–H and O–H groups in total. The molecule has 0 amide bonds. The van der Waals surface area contributed by atoms with Gasteiger partial charge in [0.25, 0.3) is 0 Å². The minimum Gasteiger partial charge on any atom is -0.382 e. The van der Waals surface area contributed by atoms with Gasteiger partial charge in [-0.05, 0) is 6.92 Å². The summed E-state index contributed by atoms with van der Waals surface area (Å²) in [5.74, 6) is 0.641. The summed E-state index contributed by atoms with van der Waals surface area (Å²) in [6.07, 6.45) is 2.90. The summed E-state index contributed by atoms with van der Waals surface area (Å²) >= 11 is 0. The van der Waals surface area contributed by atoms with Crippen molar-refractivity contribution in [1.29, 1.82) is 0 Å². The van der Waals surface area contributed by atoms with Gasteiger partial charge >= 0.3 is 0 Å². The lowest BCUT2D eigenvalue weighted by atomic mass is 10.2. The maximum atomic E-state index is 5.69. The van der Waals surface area contributed by atoms with Crippen LogP contribution >= 0.6 is 0 Å². The second kappa shape index (κ2) is 2.62. The van der Waals surface area contributed by atoms with Gasteiger partial charge in [-0.15, -0.1) is 0 Å². The molecule has 0 radical (unpaired) electrons. The zero-order valence-electron chi connectivity index (χ0n) is 7.12. The summed E-state index contributed by atoms with van der Waals surface area (Å²) in [5.41, 5.74) is 7.92. The minimum absolute atomic E-state index is 0.641. The van der Waals surface area contributed by atoms with Crippen LogP contribution < -0.4 is 5.73 Å². The third kappa shape index (κ3) is 0.995. The summed E-state index contributed by atoms with van der Waals surface area (Å²) in [4.78, 5) is 4.24. The fraction of sp³-hybridized carbons (Fsp3) is 0.500. The number of anilines is 1. The van der Waals surface area contributed by atoms with Crippen LogP contribution in [0.5, 0.6) is 0 Å². The van der Waals surface area contributed by atoms with Crippen molar-refractivity contribution in [2.24, 2.45) is 4.99 Å². The fourth-order valence-corrected chi connectivity index (χ4v) is 1.41. The van der Waals surface area contributed by atoms with E-state index in [-0.39, 0.29) is 0 Å². The molecule has 64 valence electrons. The summed E-state index contributed by atoms with van der Waals surface area (Å²) in [7, 11) is 0. The molecule has 0 atom stereocenters. The van der Waals surface area contributed by atoms with Crippen LogP contribution in [0.2, 0.25) is 0 Å². The lowest BCUT2D eigenvalue weighted by Crippen LogP contribution is -2.03. The molecule has 1 aliphatic heterocycles. The molecule has 1 aliphatic rings. The average Bonchev–Trinajstić information content (AvgIpc) is 2.30. The van der Waals surface area contributed by atoms with Gasteiger partial charge in [-0.2, -0.15) is 5.10 Å². The number of nitrogens with zero attached hydrogens (tertiary/aromatic N) is 3. The second-order valence-corrected chi connectivity index (χ2v) is 2.99. The third-order valence-electron chi connectivity index (χ3n) is 2.20. The Bertz CT molecular complexity index is 324. The quantitative estimate of drug-likeness (QED) is 0.615. The Balaban J connectivity index is 2.49. The van der Waals surface area contributed by atoms with Crippen molar-refractivity contribution in [2.75, 3.05) is 5.73 Å². The van der Waals surface area contributed by atoms with Gasteiger partial charge in [-0.3, -0.25) is 9.67 Å². The van der Waals surface area contributed by atoms with E-state index in [1.165, 1.54) is 0 Å². The summed E-state index contributed by atoms with van der Waals surface area (Å²) < 4.78 is 1.96. The Morgan fingerprint density at radius 3 is 3.25 bits per heavy atom. The molecule has 4 heteroatoms. The number of aliphatic imine (C=N–C) groups is 1. The lowest BCUT2D eigenvalue weighted by molar-refractivity contribution is 0.617. The number of nitrogens with two attached hydrogens (primary N) is 1. The highest BCUT2D eigenvalue weighted by Crippen LogP contribution is 2.17. The molecule has 12 heavy (non-hydrogen) atoms. The predicted molar refractivity (Wildman–Crippen MR) is 48.2 cm³/mol. The topological polar surface area (TPSA) is 56.2 Å². The number of hydrogen-bond acceptors (Lipinski definition) is 3. The van der Waals surface area contributed by atoms with Crippen LogP contribution in [0, 0.1) is 6.92 Å². The molecule has 0 bridgehead atoms. The van der Waals surface area contributed by atoms with E-state index >= 15 is 0 Å². The Morgan fingerprint density at radius 2 is 2.42 bits per heavy atom. The fourth-order valence-electron chi connectivity index (χ4n) is 1.41. The van der Waals surface area contributed by atoms with Gasteiger partial charge in [-0.25, -0.2) is 0 Å². The molecule has 4 nitrogen and oxygen atoms in total. The lowest BCUT2D eigenvalue weighted by Gasteiger charge is -1.99. The minimum atomic E-state index is 0.641. The monoisotopic (exact) mass is 164 g/mol. The van der Waals surface area contributed by atoms with E-state index in [9.17, 15) is 0 Å². The van der Waals surface area contributed by atoms with Gasteiger partial charge in [0.1, 0.15) is 5.82 Å². The molecule has 0 unspecified atom stereocenters. The van der Waals surface area contributed by atoms with Crippen LogP contribution in [0.25, 0.3) is 0 Å². The second-order valence-electron chi connectivity index (χ2n) is 2.99. The van der Waals surface area contributed by atoms with Gasteiger partial charge in [0, 0.05) is 24.7 Å². The van der Waals surface area contributed by atoms with E-state index in [0.29, 0.717) is 5.82 Å². The maximum absolute atomic E-state index is 5.69. The molecule has 0 aromatic carbocycles. The Kier molecular flexibility index (Phi) is 1.60. The molecule has 1 aromatic heterocycles. The highest BCUT2D eigenvalue weighted by Gasteiger charge is 2.12. The van der Waals surface area contributed by atoms with Gasteiger partial charge in [-0.1, -0.05) is 0 Å². The number of rotatable bonds is 0. The molecule has 1 aromatic rings. The van der Waals surface area contributed by atoms with E-state index < -0.39 is 0 Å². The average molecular weight is 164 g/mol. The molecule has 0 saturated heterocycles. The van der Waals surface area contributed by atoms with Gasteiger partial charge in [0.15, 0.2) is 0 Å². The standard InChI is InChI=1S/C8H12N4/c1-6-7-5-10-3-2-4-12(7)11-8(6)9/h3H,2,4-5H2,1H3,(H2,9,11). The van der Waals surface area contributed by atoms with Crippen molar-refractivity contribution in [3.05, 3.63) is 11.3 Å². The maximum Gasteiger partial charge on any atom is 0.148 e. The number of fused-ring (bicyclic) bond motifs is 1. The summed E-state index contributed by atoms with van der Waals surface area (Å²) in [6.45, 7) is 3.61. The molecule has 0 saturated carbocycles. The first-order valence-electron chi connectivity index (χ1n) is 4.09. The first-order valence-corrected chi connectivity index (χ1v) is 4.09. The normalized spacial score (nSPS) is 15.8. The van der Waals surface area contributed by atoms with E-state index in [1.54, 1.807) is 0 Å². The van der Waals surface area contributed by atoms with Gasteiger partial charge < -0.3 is 5.73 Å². The zero-order valence-corrected chi connectivity index (χ0v) is 7.12. The molecule has 2 heterocycles. The van der Waals surface area contributed by atoms with Crippen LogP contribution in [0.3, 0.4) is 0 Å². The predicted octanol–water partition coefficient (Wildman–Crippen LogP) is 0.748. The van der Waals surface area contributed by atoms with Gasteiger partial charge in [0.05, 0.1) is 12.2 Å². The Labute approximate surface area is 71.1 Å². The number of nitrogen functional groups attached to an aromatic ring is 1. The van der Waals surface area contributed by atoms with Crippen molar-refractivity contribution < 1.29 is 0 Å². The zero-order chi connectivity index (χ0) is 8.55. The van der Waals surface area contributed by atoms with Crippen molar-refractivity contribution >= 4 is 12.0 Å². The first-order chi connectivity index (χ1) is 5.79. The number of aryl methyl sites for hydroxylation is 1. The molecule has 2 rings (SSSR count). The molecular formula is C8H12N4. The third-order valence-corrected chi connectivity index (χ3v) is 2.20. The van der Waals surface area contributed by atoms with Crippen molar-refractivity contribution in [2.45, 2.75) is 26.4 Å². The highest BCUT2D eigenvalue weighted by molar-refractivity contribution is 5.58. The SMILES string of the molecule is Cc1c(N)nn2c1CN=CCC2. The van der Waals surface area contributed by atoms with Crippen molar-refractivity contribution in [3.8, 4) is 0 Å². The van der Waals surface area contributed by atoms with E-state index in [4.69, 9.17) is 5.73 Å². The van der Waals surface area contributed by atoms with Crippen LogP contribution in [0.15, 0.2) is 4.99 Å². The number of aromatic nitrogens is 2. The summed E-state index contributed by atoms with van der Waals surface area (Å²) in [5, 5.41) is 4.23. The van der Waals surface area contributed by atoms with Crippen LogP contribution in [-0.4, -0.2) is 16.0 Å². The van der Waals surface area contributed by atoms with Crippen molar-refractivity contribution in [1.82, 2.24) is 9.78 Å². The first kappa shape index (κ1) is 7.34. The van der Waals surface area contributed by atoms with Crippen LogP contribution in [0.4, 0.5) is 5.82 Å². The van der Waals surface area contributed by atoms with E-state index in [1.807, 2.05) is 17.8 Å².